The van der Waals surface area contributed by atoms with Crippen LogP contribution in [0, 0.1) is 6.92 Å². The van der Waals surface area contributed by atoms with Gasteiger partial charge in [0.2, 0.25) is 5.65 Å². The Balaban J connectivity index is 1.48. The highest BCUT2D eigenvalue weighted by molar-refractivity contribution is 5.79. The maximum absolute atomic E-state index is 4.77. The van der Waals surface area contributed by atoms with Gasteiger partial charge >= 0.3 is 0 Å². The van der Waals surface area contributed by atoms with Gasteiger partial charge in [-0.3, -0.25) is 9.97 Å². The van der Waals surface area contributed by atoms with E-state index in [1.165, 1.54) is 5.56 Å². The van der Waals surface area contributed by atoms with Crippen LogP contribution in [0.4, 0.5) is 0 Å². The highest BCUT2D eigenvalue weighted by Crippen LogP contribution is 2.17. The maximum atomic E-state index is 4.77. The van der Waals surface area contributed by atoms with Gasteiger partial charge in [-0.05, 0) is 47.9 Å². The molecule has 0 unspecified atom stereocenters. The number of aryl methyl sites for hydroxylation is 1. The Bertz CT molecular complexity index is 1290. The van der Waals surface area contributed by atoms with Gasteiger partial charge in [0.1, 0.15) is 0 Å². The van der Waals surface area contributed by atoms with Crippen molar-refractivity contribution >= 4 is 22.2 Å². The molecule has 5 aromatic rings. The van der Waals surface area contributed by atoms with E-state index in [-0.39, 0.29) is 0 Å². The van der Waals surface area contributed by atoms with E-state index < -0.39 is 0 Å². The smallest absolute Gasteiger partial charge is 0.221 e. The fraction of sp³-hybridized carbons (Fsp3) is 0.143. The van der Waals surface area contributed by atoms with Gasteiger partial charge < -0.3 is 0 Å². The lowest BCUT2D eigenvalue weighted by Crippen LogP contribution is -2.05. The Morgan fingerprint density at radius 3 is 2.89 bits per heavy atom. The van der Waals surface area contributed by atoms with Crippen LogP contribution >= 0.6 is 0 Å². The Morgan fingerprint density at radius 1 is 1.00 bits per heavy atom. The van der Waals surface area contributed by atoms with Crippen LogP contribution in [0.5, 0.6) is 0 Å². The van der Waals surface area contributed by atoms with Crippen LogP contribution in [-0.4, -0.2) is 34.9 Å². The molecule has 136 valence electrons. The van der Waals surface area contributed by atoms with Crippen LogP contribution in [0.1, 0.15) is 22.4 Å². The summed E-state index contributed by atoms with van der Waals surface area (Å²) in [6.07, 6.45) is 7.91. The molecule has 0 aliphatic heterocycles. The molecule has 28 heavy (non-hydrogen) atoms. The molecule has 0 amide bonds. The number of aromatic nitrogens is 7. The average molecular weight is 367 g/mol. The molecule has 4 aromatic heterocycles. The molecule has 0 saturated carbocycles. The second-order valence-electron chi connectivity index (χ2n) is 6.77. The minimum absolute atomic E-state index is 0.550. The van der Waals surface area contributed by atoms with E-state index in [2.05, 4.69) is 50.4 Å². The average Bonchev–Trinajstić information content (AvgIpc) is 3.12. The minimum atomic E-state index is 0.550. The predicted octanol–water partition coefficient (Wildman–Crippen LogP) is 3.11. The van der Waals surface area contributed by atoms with Crippen molar-refractivity contribution in [1.82, 2.24) is 34.9 Å². The Hall–Kier alpha value is -3.74. The first-order chi connectivity index (χ1) is 13.8. The number of rotatable bonds is 4. The molecule has 0 aliphatic rings. The number of pyridine rings is 2. The van der Waals surface area contributed by atoms with Crippen LogP contribution < -0.4 is 0 Å². The summed E-state index contributed by atoms with van der Waals surface area (Å²) in [5.74, 6) is 0. The lowest BCUT2D eigenvalue weighted by Gasteiger charge is -2.06. The quantitative estimate of drug-likeness (QED) is 0.485. The predicted molar refractivity (Wildman–Crippen MR) is 106 cm³/mol. The molecule has 1 aromatic carbocycles. The first-order valence-corrected chi connectivity index (χ1v) is 9.04. The van der Waals surface area contributed by atoms with Crippen molar-refractivity contribution in [2.75, 3.05) is 0 Å². The third-order valence-corrected chi connectivity index (χ3v) is 4.80. The number of nitrogens with zero attached hydrogens (tertiary/aromatic N) is 7. The third kappa shape index (κ3) is 3.07. The SMILES string of the molecule is Cc1ccncc1Cc1cnc2nnn(Cc3ccc4ncccc4c3)c2n1. The van der Waals surface area contributed by atoms with E-state index >= 15 is 0 Å². The van der Waals surface area contributed by atoms with Crippen LogP contribution in [0.15, 0.2) is 61.2 Å². The Morgan fingerprint density at radius 2 is 1.96 bits per heavy atom. The highest BCUT2D eigenvalue weighted by Gasteiger charge is 2.11. The van der Waals surface area contributed by atoms with Crippen molar-refractivity contribution in [3.05, 3.63) is 83.6 Å². The molecule has 4 heterocycles. The molecule has 0 aliphatic carbocycles. The van der Waals surface area contributed by atoms with Crippen LogP contribution in [0.2, 0.25) is 0 Å². The molecule has 0 fully saturated rings. The standard InChI is InChI=1S/C21H17N7/c1-14-6-8-22-11-17(14)10-18-12-24-20-21(25-18)28(27-26-20)13-15-4-5-19-16(9-15)3-2-7-23-19/h2-9,11-12H,10,13H2,1H3. The lowest BCUT2D eigenvalue weighted by atomic mass is 10.1. The summed E-state index contributed by atoms with van der Waals surface area (Å²) in [6, 6.07) is 12.2. The Kier molecular flexibility index (Phi) is 3.97. The zero-order valence-corrected chi connectivity index (χ0v) is 15.3. The van der Waals surface area contributed by atoms with Crippen molar-refractivity contribution in [2.45, 2.75) is 19.9 Å². The summed E-state index contributed by atoms with van der Waals surface area (Å²) >= 11 is 0. The van der Waals surface area contributed by atoms with E-state index in [1.807, 2.05) is 24.4 Å². The number of hydrogen-bond donors (Lipinski definition) is 0. The number of benzene rings is 1. The molecule has 0 spiro atoms. The summed E-state index contributed by atoms with van der Waals surface area (Å²) in [5.41, 5.74) is 6.52. The summed E-state index contributed by atoms with van der Waals surface area (Å²) in [7, 11) is 0. The molecule has 0 saturated heterocycles. The van der Waals surface area contributed by atoms with Crippen LogP contribution in [-0.2, 0) is 13.0 Å². The first-order valence-electron chi connectivity index (χ1n) is 9.04. The summed E-state index contributed by atoms with van der Waals surface area (Å²) in [5, 5.41) is 9.51. The van der Waals surface area contributed by atoms with E-state index in [0.29, 0.717) is 24.3 Å². The van der Waals surface area contributed by atoms with Crippen molar-refractivity contribution in [3.8, 4) is 0 Å². The lowest BCUT2D eigenvalue weighted by molar-refractivity contribution is 0.663. The summed E-state index contributed by atoms with van der Waals surface area (Å²) < 4.78 is 1.79. The van der Waals surface area contributed by atoms with Gasteiger partial charge in [0.15, 0.2) is 5.65 Å². The molecule has 0 radical (unpaired) electrons. The second kappa shape index (κ2) is 6.77. The van der Waals surface area contributed by atoms with Gasteiger partial charge in [-0.25, -0.2) is 14.6 Å². The van der Waals surface area contributed by atoms with Gasteiger partial charge in [-0.2, -0.15) is 0 Å². The van der Waals surface area contributed by atoms with E-state index in [9.17, 15) is 0 Å². The fourth-order valence-corrected chi connectivity index (χ4v) is 3.26. The molecule has 0 atom stereocenters. The molecule has 5 rings (SSSR count). The monoisotopic (exact) mass is 367 g/mol. The van der Waals surface area contributed by atoms with Gasteiger partial charge in [0.25, 0.3) is 0 Å². The van der Waals surface area contributed by atoms with Crippen LogP contribution in [0.3, 0.4) is 0 Å². The van der Waals surface area contributed by atoms with Gasteiger partial charge in [0.05, 0.1) is 24.0 Å². The number of fused-ring (bicyclic) bond motifs is 2. The molecule has 7 nitrogen and oxygen atoms in total. The van der Waals surface area contributed by atoms with E-state index in [4.69, 9.17) is 4.98 Å². The first kappa shape index (κ1) is 16.4. The normalized spacial score (nSPS) is 11.3. The van der Waals surface area contributed by atoms with Crippen molar-refractivity contribution < 1.29 is 0 Å². The maximum Gasteiger partial charge on any atom is 0.221 e. The Labute approximate surface area is 161 Å². The second-order valence-corrected chi connectivity index (χ2v) is 6.77. The number of hydrogen-bond acceptors (Lipinski definition) is 6. The molecular formula is C21H17N7. The van der Waals surface area contributed by atoms with Gasteiger partial charge in [0, 0.05) is 30.4 Å². The van der Waals surface area contributed by atoms with E-state index in [1.54, 1.807) is 23.3 Å². The summed E-state index contributed by atoms with van der Waals surface area (Å²) in [6.45, 7) is 2.65. The molecular weight excluding hydrogens is 350 g/mol. The highest BCUT2D eigenvalue weighted by atomic mass is 15.4. The molecule has 0 bridgehead atoms. The summed E-state index contributed by atoms with van der Waals surface area (Å²) in [4.78, 5) is 17.8. The minimum Gasteiger partial charge on any atom is -0.264 e. The topological polar surface area (TPSA) is 82.3 Å². The third-order valence-electron chi connectivity index (χ3n) is 4.80. The van der Waals surface area contributed by atoms with E-state index in [0.717, 1.165) is 27.7 Å². The fourth-order valence-electron chi connectivity index (χ4n) is 3.26. The molecule has 7 heteroatoms. The molecule has 0 N–H and O–H groups in total. The van der Waals surface area contributed by atoms with Crippen molar-refractivity contribution in [1.29, 1.82) is 0 Å². The van der Waals surface area contributed by atoms with Crippen molar-refractivity contribution in [3.63, 3.8) is 0 Å². The van der Waals surface area contributed by atoms with Crippen LogP contribution in [0.25, 0.3) is 22.2 Å². The van der Waals surface area contributed by atoms with Gasteiger partial charge in [-0.15, -0.1) is 5.10 Å². The van der Waals surface area contributed by atoms with Gasteiger partial charge in [-0.1, -0.05) is 17.3 Å². The zero-order valence-electron chi connectivity index (χ0n) is 15.3. The zero-order chi connectivity index (χ0) is 18.9. The largest absolute Gasteiger partial charge is 0.264 e. The van der Waals surface area contributed by atoms with Crippen molar-refractivity contribution in [2.24, 2.45) is 0 Å².